The van der Waals surface area contributed by atoms with E-state index in [-0.39, 0.29) is 12.2 Å². The van der Waals surface area contributed by atoms with Crippen molar-refractivity contribution in [3.8, 4) is 0 Å². The molecule has 0 aliphatic heterocycles. The molecular formula is C12H21N3O2. The maximum atomic E-state index is 11.9. The number of aliphatic hydroxyl groups is 1. The fourth-order valence-corrected chi connectivity index (χ4v) is 1.56. The molecule has 5 nitrogen and oxygen atoms in total. The Bertz CT molecular complexity index is 379. The van der Waals surface area contributed by atoms with E-state index in [1.165, 1.54) is 6.33 Å². The molecule has 1 unspecified atom stereocenters. The summed E-state index contributed by atoms with van der Waals surface area (Å²) in [6.07, 6.45) is 1.56. The van der Waals surface area contributed by atoms with Crippen LogP contribution in [-0.2, 0) is 17.8 Å². The van der Waals surface area contributed by atoms with Crippen molar-refractivity contribution in [2.45, 2.75) is 53.2 Å². The minimum atomic E-state index is -0.964. The van der Waals surface area contributed by atoms with Crippen LogP contribution in [0.5, 0.6) is 0 Å². The van der Waals surface area contributed by atoms with Crippen molar-refractivity contribution < 1.29 is 9.90 Å². The zero-order valence-corrected chi connectivity index (χ0v) is 11.0. The Kier molecular flexibility index (Phi) is 4.40. The second-order valence-electron chi connectivity index (χ2n) is 5.31. The molecule has 0 radical (unpaired) electrons. The molecule has 0 amide bonds. The van der Waals surface area contributed by atoms with Crippen LogP contribution in [0.2, 0.25) is 0 Å². The maximum absolute atomic E-state index is 11.9. The van der Waals surface area contributed by atoms with Gasteiger partial charge in [0, 0.05) is 6.54 Å². The summed E-state index contributed by atoms with van der Waals surface area (Å²) in [6, 6.07) is 0. The van der Waals surface area contributed by atoms with Crippen LogP contribution in [0.3, 0.4) is 0 Å². The Morgan fingerprint density at radius 1 is 1.53 bits per heavy atom. The van der Waals surface area contributed by atoms with Crippen molar-refractivity contribution in [1.29, 1.82) is 0 Å². The maximum Gasteiger partial charge on any atom is 0.169 e. The molecule has 5 heteroatoms. The summed E-state index contributed by atoms with van der Waals surface area (Å²) in [5.41, 5.74) is -0.438. The van der Waals surface area contributed by atoms with Gasteiger partial charge in [0.1, 0.15) is 18.3 Å². The molecular weight excluding hydrogens is 218 g/mol. The van der Waals surface area contributed by atoms with Crippen LogP contribution in [0.15, 0.2) is 6.33 Å². The lowest BCUT2D eigenvalue weighted by molar-refractivity contribution is -0.131. The molecule has 1 N–H and O–H groups in total. The molecule has 0 bridgehead atoms. The number of hydrogen-bond donors (Lipinski definition) is 1. The first kappa shape index (κ1) is 13.8. The second kappa shape index (κ2) is 5.40. The predicted octanol–water partition coefficient (Wildman–Crippen LogP) is 1.21. The van der Waals surface area contributed by atoms with E-state index in [1.807, 2.05) is 27.7 Å². The Morgan fingerprint density at radius 3 is 2.71 bits per heavy atom. The molecule has 0 saturated carbocycles. The minimum Gasteiger partial charge on any atom is -0.385 e. The number of aliphatic hydroxyl groups excluding tert-OH is 1. The number of carbonyl (C=O) groups excluding carboxylic acids is 1. The second-order valence-corrected chi connectivity index (χ2v) is 5.31. The molecule has 0 aliphatic rings. The van der Waals surface area contributed by atoms with E-state index in [2.05, 4.69) is 10.1 Å². The number of nitrogens with zero attached hydrogens (tertiary/aromatic N) is 3. The fourth-order valence-electron chi connectivity index (χ4n) is 1.56. The van der Waals surface area contributed by atoms with E-state index in [0.717, 1.165) is 13.0 Å². The predicted molar refractivity (Wildman–Crippen MR) is 64.5 cm³/mol. The van der Waals surface area contributed by atoms with Gasteiger partial charge in [-0.3, -0.25) is 4.79 Å². The quantitative estimate of drug-likeness (QED) is 0.838. The minimum absolute atomic E-state index is 0.137. The third-order valence-corrected chi connectivity index (χ3v) is 2.59. The molecule has 1 rings (SSSR count). The standard InChI is InChI=1S/C12H21N3O2/c1-5-6-15-10(13-8-14-15)7-9(16)11(17)12(2,3)4/h8,11,17H,5-7H2,1-4H3. The van der Waals surface area contributed by atoms with Gasteiger partial charge in [-0.15, -0.1) is 0 Å². The van der Waals surface area contributed by atoms with E-state index >= 15 is 0 Å². The van der Waals surface area contributed by atoms with Crippen molar-refractivity contribution in [3.05, 3.63) is 12.2 Å². The first-order chi connectivity index (χ1) is 7.86. The molecule has 0 spiro atoms. The van der Waals surface area contributed by atoms with Crippen LogP contribution in [0.1, 0.15) is 39.9 Å². The van der Waals surface area contributed by atoms with E-state index in [4.69, 9.17) is 0 Å². The van der Waals surface area contributed by atoms with Crippen molar-refractivity contribution in [1.82, 2.24) is 14.8 Å². The summed E-state index contributed by atoms with van der Waals surface area (Å²) in [5.74, 6) is 0.419. The largest absolute Gasteiger partial charge is 0.385 e. The van der Waals surface area contributed by atoms with Crippen LogP contribution in [0.4, 0.5) is 0 Å². The number of aryl methyl sites for hydroxylation is 1. The summed E-state index contributed by atoms with van der Waals surface area (Å²) in [4.78, 5) is 15.9. The summed E-state index contributed by atoms with van der Waals surface area (Å²) < 4.78 is 1.72. The van der Waals surface area contributed by atoms with Crippen LogP contribution in [0.25, 0.3) is 0 Å². The zero-order valence-electron chi connectivity index (χ0n) is 11.0. The number of hydrogen-bond acceptors (Lipinski definition) is 4. The number of rotatable bonds is 5. The fraction of sp³-hybridized carbons (Fsp3) is 0.750. The zero-order chi connectivity index (χ0) is 13.1. The molecule has 0 aromatic carbocycles. The summed E-state index contributed by atoms with van der Waals surface area (Å²) in [7, 11) is 0. The average molecular weight is 239 g/mol. The van der Waals surface area contributed by atoms with E-state index in [9.17, 15) is 9.90 Å². The Morgan fingerprint density at radius 2 is 2.18 bits per heavy atom. The van der Waals surface area contributed by atoms with Crippen LogP contribution < -0.4 is 0 Å². The summed E-state index contributed by atoms with van der Waals surface area (Å²) in [5, 5.41) is 13.9. The highest BCUT2D eigenvalue weighted by atomic mass is 16.3. The van der Waals surface area contributed by atoms with Crippen molar-refractivity contribution in [2.75, 3.05) is 0 Å². The first-order valence-corrected chi connectivity index (χ1v) is 5.93. The topological polar surface area (TPSA) is 68.0 Å². The molecule has 1 aromatic rings. The van der Waals surface area contributed by atoms with Gasteiger partial charge in [0.2, 0.25) is 0 Å². The third kappa shape index (κ3) is 3.63. The third-order valence-electron chi connectivity index (χ3n) is 2.59. The number of ketones is 1. The highest BCUT2D eigenvalue weighted by Crippen LogP contribution is 2.20. The monoisotopic (exact) mass is 239 g/mol. The SMILES string of the molecule is CCCn1ncnc1CC(=O)C(O)C(C)(C)C. The smallest absolute Gasteiger partial charge is 0.169 e. The lowest BCUT2D eigenvalue weighted by Gasteiger charge is -2.24. The molecule has 1 heterocycles. The van der Waals surface area contributed by atoms with Crippen LogP contribution in [0, 0.1) is 5.41 Å². The number of aromatic nitrogens is 3. The van der Waals surface area contributed by atoms with Gasteiger partial charge in [-0.25, -0.2) is 9.67 Å². The normalized spacial score (nSPS) is 13.7. The van der Waals surface area contributed by atoms with Gasteiger partial charge < -0.3 is 5.11 Å². The van der Waals surface area contributed by atoms with Gasteiger partial charge >= 0.3 is 0 Å². The van der Waals surface area contributed by atoms with E-state index in [1.54, 1.807) is 4.68 Å². The van der Waals surface area contributed by atoms with Gasteiger partial charge in [0.15, 0.2) is 5.78 Å². The van der Waals surface area contributed by atoms with E-state index < -0.39 is 11.5 Å². The molecule has 1 aromatic heterocycles. The van der Waals surface area contributed by atoms with Gasteiger partial charge in [-0.2, -0.15) is 5.10 Å². The Balaban J connectivity index is 2.71. The van der Waals surface area contributed by atoms with Crippen molar-refractivity contribution in [2.24, 2.45) is 5.41 Å². The van der Waals surface area contributed by atoms with Gasteiger partial charge in [-0.1, -0.05) is 27.7 Å². The van der Waals surface area contributed by atoms with Gasteiger partial charge in [0.05, 0.1) is 6.42 Å². The molecule has 1 atom stereocenters. The van der Waals surface area contributed by atoms with Gasteiger partial charge in [0.25, 0.3) is 0 Å². The van der Waals surface area contributed by atoms with Crippen molar-refractivity contribution >= 4 is 5.78 Å². The lowest BCUT2D eigenvalue weighted by atomic mass is 9.86. The molecule has 17 heavy (non-hydrogen) atoms. The van der Waals surface area contributed by atoms with E-state index in [0.29, 0.717) is 5.82 Å². The number of carbonyl (C=O) groups is 1. The molecule has 0 fully saturated rings. The lowest BCUT2D eigenvalue weighted by Crippen LogP contribution is -2.35. The first-order valence-electron chi connectivity index (χ1n) is 5.93. The molecule has 0 saturated heterocycles. The average Bonchev–Trinajstić information content (AvgIpc) is 2.64. The highest BCUT2D eigenvalue weighted by molar-refractivity contribution is 5.85. The highest BCUT2D eigenvalue weighted by Gasteiger charge is 2.29. The van der Waals surface area contributed by atoms with Gasteiger partial charge in [-0.05, 0) is 11.8 Å². The van der Waals surface area contributed by atoms with Crippen molar-refractivity contribution in [3.63, 3.8) is 0 Å². The Labute approximate surface area is 102 Å². The van der Waals surface area contributed by atoms with Crippen LogP contribution >= 0.6 is 0 Å². The molecule has 96 valence electrons. The summed E-state index contributed by atoms with van der Waals surface area (Å²) in [6.45, 7) is 8.30. The Hall–Kier alpha value is -1.23. The van der Waals surface area contributed by atoms with Crippen LogP contribution in [-0.4, -0.2) is 31.8 Å². The molecule has 0 aliphatic carbocycles. The number of Topliss-reactive ketones (excluding diaryl/α,β-unsaturated/α-hetero) is 1. The summed E-state index contributed by atoms with van der Waals surface area (Å²) >= 11 is 0.